The number of hydrogen-bond acceptors (Lipinski definition) is 4. The lowest BCUT2D eigenvalue weighted by molar-refractivity contribution is -0.139. The average molecular weight is 307 g/mol. The molecule has 118 valence electrons. The first-order valence-corrected chi connectivity index (χ1v) is 7.32. The Kier molecular flexibility index (Phi) is 7.23. The van der Waals surface area contributed by atoms with Crippen LogP contribution in [0.1, 0.15) is 32.1 Å². The molecule has 0 aromatic carbocycles. The van der Waals surface area contributed by atoms with Gasteiger partial charge in [-0.1, -0.05) is 0 Å². The topological polar surface area (TPSA) is 64.8 Å². The van der Waals surface area contributed by atoms with Gasteiger partial charge in [0.2, 0.25) is 5.91 Å². The first-order valence-electron chi connectivity index (χ1n) is 7.32. The number of carbonyl (C=O) groups excluding carboxylic acids is 1. The maximum absolute atomic E-state index is 12.4. The number of halogens is 1. The molecule has 2 rings (SSSR count). The van der Waals surface area contributed by atoms with Gasteiger partial charge in [-0.3, -0.25) is 4.79 Å². The molecule has 0 spiro atoms. The number of nitrogens with two attached hydrogens (primary N) is 1. The van der Waals surface area contributed by atoms with Crippen molar-refractivity contribution in [2.45, 2.75) is 37.6 Å². The zero-order valence-corrected chi connectivity index (χ0v) is 13.1. The highest BCUT2D eigenvalue weighted by atomic mass is 35.5. The minimum absolute atomic E-state index is 0. The molecule has 0 aromatic rings. The van der Waals surface area contributed by atoms with Gasteiger partial charge in [0.05, 0.1) is 5.54 Å². The van der Waals surface area contributed by atoms with Gasteiger partial charge in [-0.25, -0.2) is 0 Å². The van der Waals surface area contributed by atoms with Gasteiger partial charge in [0.1, 0.15) is 0 Å². The van der Waals surface area contributed by atoms with Crippen LogP contribution in [0.5, 0.6) is 0 Å². The number of likely N-dealkylation sites (N-methyl/N-ethyl adjacent to an activating group) is 1. The highest BCUT2D eigenvalue weighted by molar-refractivity contribution is 5.86. The van der Waals surface area contributed by atoms with Crippen LogP contribution in [0, 0.1) is 5.92 Å². The quantitative estimate of drug-likeness (QED) is 0.847. The van der Waals surface area contributed by atoms with E-state index in [9.17, 15) is 4.79 Å². The Morgan fingerprint density at radius 3 is 2.35 bits per heavy atom. The standard InChI is InChI=1S/C14H26N2O3.ClH/c1-16(7-2-12-3-8-18-9-4-12)13(17)14(15)5-10-19-11-6-14;/h12H,2-11,15H2,1H3;1H. The van der Waals surface area contributed by atoms with E-state index >= 15 is 0 Å². The fourth-order valence-electron chi connectivity index (χ4n) is 2.84. The smallest absolute Gasteiger partial charge is 0.242 e. The second kappa shape index (κ2) is 8.17. The summed E-state index contributed by atoms with van der Waals surface area (Å²) >= 11 is 0. The van der Waals surface area contributed by atoms with Crippen molar-refractivity contribution >= 4 is 18.3 Å². The fraction of sp³-hybridized carbons (Fsp3) is 0.929. The molecule has 2 saturated heterocycles. The molecule has 0 atom stereocenters. The van der Waals surface area contributed by atoms with Crippen molar-refractivity contribution < 1.29 is 14.3 Å². The zero-order valence-electron chi connectivity index (χ0n) is 12.3. The summed E-state index contributed by atoms with van der Waals surface area (Å²) in [6.07, 6.45) is 4.55. The second-order valence-corrected chi connectivity index (χ2v) is 5.84. The summed E-state index contributed by atoms with van der Waals surface area (Å²) in [4.78, 5) is 14.2. The summed E-state index contributed by atoms with van der Waals surface area (Å²) < 4.78 is 10.6. The molecule has 6 heteroatoms. The van der Waals surface area contributed by atoms with Crippen LogP contribution in [0.15, 0.2) is 0 Å². The number of ether oxygens (including phenoxy) is 2. The van der Waals surface area contributed by atoms with Crippen LogP contribution >= 0.6 is 12.4 Å². The first kappa shape index (κ1) is 17.7. The molecule has 1 amide bonds. The second-order valence-electron chi connectivity index (χ2n) is 5.84. The minimum atomic E-state index is -0.706. The summed E-state index contributed by atoms with van der Waals surface area (Å²) in [5.41, 5.74) is 5.52. The van der Waals surface area contributed by atoms with Crippen molar-refractivity contribution in [2.75, 3.05) is 40.0 Å². The van der Waals surface area contributed by atoms with Crippen LogP contribution in [0.25, 0.3) is 0 Å². The van der Waals surface area contributed by atoms with E-state index < -0.39 is 5.54 Å². The Morgan fingerprint density at radius 2 is 1.75 bits per heavy atom. The summed E-state index contributed by atoms with van der Waals surface area (Å²) in [7, 11) is 1.87. The Hall–Kier alpha value is -0.360. The van der Waals surface area contributed by atoms with Crippen LogP contribution in [-0.2, 0) is 14.3 Å². The number of amides is 1. The Labute approximate surface area is 127 Å². The number of rotatable bonds is 4. The van der Waals surface area contributed by atoms with E-state index in [0.717, 1.165) is 39.0 Å². The molecule has 0 aliphatic carbocycles. The lowest BCUT2D eigenvalue weighted by Crippen LogP contribution is -2.57. The molecular formula is C14H27ClN2O3. The zero-order chi connectivity index (χ0) is 13.7. The minimum Gasteiger partial charge on any atom is -0.381 e. The van der Waals surface area contributed by atoms with E-state index in [4.69, 9.17) is 15.2 Å². The lowest BCUT2D eigenvalue weighted by atomic mass is 9.89. The molecule has 0 unspecified atom stereocenters. The van der Waals surface area contributed by atoms with Gasteiger partial charge in [0.25, 0.3) is 0 Å². The SMILES string of the molecule is CN(CCC1CCOCC1)C(=O)C1(N)CCOCC1.Cl. The van der Waals surface area contributed by atoms with Crippen molar-refractivity contribution in [3.63, 3.8) is 0 Å². The number of nitrogens with zero attached hydrogens (tertiary/aromatic N) is 1. The van der Waals surface area contributed by atoms with E-state index in [1.165, 1.54) is 0 Å². The van der Waals surface area contributed by atoms with Crippen LogP contribution in [-0.4, -0.2) is 56.4 Å². The molecule has 0 aromatic heterocycles. The highest BCUT2D eigenvalue weighted by Crippen LogP contribution is 2.22. The summed E-state index contributed by atoms with van der Waals surface area (Å²) in [6.45, 7) is 3.70. The van der Waals surface area contributed by atoms with Crippen molar-refractivity contribution in [2.24, 2.45) is 11.7 Å². The van der Waals surface area contributed by atoms with Crippen molar-refractivity contribution in [1.82, 2.24) is 4.90 Å². The van der Waals surface area contributed by atoms with Crippen LogP contribution in [0.3, 0.4) is 0 Å². The van der Waals surface area contributed by atoms with Crippen LogP contribution in [0.2, 0.25) is 0 Å². The normalized spacial score (nSPS) is 22.9. The monoisotopic (exact) mass is 306 g/mol. The maximum atomic E-state index is 12.4. The van der Waals surface area contributed by atoms with Gasteiger partial charge in [0.15, 0.2) is 0 Å². The van der Waals surface area contributed by atoms with E-state index in [-0.39, 0.29) is 18.3 Å². The molecule has 2 fully saturated rings. The third-order valence-corrected chi connectivity index (χ3v) is 4.37. The molecular weight excluding hydrogens is 280 g/mol. The first-order chi connectivity index (χ1) is 9.12. The van der Waals surface area contributed by atoms with Gasteiger partial charge >= 0.3 is 0 Å². The third-order valence-electron chi connectivity index (χ3n) is 4.37. The van der Waals surface area contributed by atoms with Crippen molar-refractivity contribution in [3.05, 3.63) is 0 Å². The number of hydrogen-bond donors (Lipinski definition) is 1. The molecule has 0 bridgehead atoms. The van der Waals surface area contributed by atoms with Crippen molar-refractivity contribution in [1.29, 1.82) is 0 Å². The van der Waals surface area contributed by atoms with Crippen LogP contribution in [0.4, 0.5) is 0 Å². The van der Waals surface area contributed by atoms with E-state index in [1.54, 1.807) is 4.90 Å². The summed E-state index contributed by atoms with van der Waals surface area (Å²) in [6, 6.07) is 0. The average Bonchev–Trinajstić information content (AvgIpc) is 2.46. The molecule has 2 aliphatic rings. The molecule has 20 heavy (non-hydrogen) atoms. The molecule has 0 radical (unpaired) electrons. The molecule has 2 N–H and O–H groups in total. The van der Waals surface area contributed by atoms with Gasteiger partial charge in [-0.05, 0) is 38.0 Å². The third kappa shape index (κ3) is 4.58. The van der Waals surface area contributed by atoms with E-state index in [0.29, 0.717) is 32.0 Å². The Balaban J connectivity index is 0.00000200. The number of carbonyl (C=O) groups is 1. The van der Waals surface area contributed by atoms with E-state index in [1.807, 2.05) is 7.05 Å². The largest absolute Gasteiger partial charge is 0.381 e. The van der Waals surface area contributed by atoms with Gasteiger partial charge < -0.3 is 20.1 Å². The summed E-state index contributed by atoms with van der Waals surface area (Å²) in [5.74, 6) is 0.760. The predicted molar refractivity (Wildman–Crippen MR) is 80.0 cm³/mol. The van der Waals surface area contributed by atoms with Crippen molar-refractivity contribution in [3.8, 4) is 0 Å². The molecule has 2 aliphatic heterocycles. The van der Waals surface area contributed by atoms with Gasteiger partial charge in [0, 0.05) is 40.0 Å². The maximum Gasteiger partial charge on any atom is 0.242 e. The Morgan fingerprint density at radius 1 is 1.20 bits per heavy atom. The lowest BCUT2D eigenvalue weighted by Gasteiger charge is -2.35. The summed E-state index contributed by atoms with van der Waals surface area (Å²) in [5, 5.41) is 0. The van der Waals surface area contributed by atoms with E-state index in [2.05, 4.69) is 0 Å². The van der Waals surface area contributed by atoms with Gasteiger partial charge in [-0.15, -0.1) is 12.4 Å². The highest BCUT2D eigenvalue weighted by Gasteiger charge is 2.37. The molecule has 0 saturated carbocycles. The van der Waals surface area contributed by atoms with Crippen LogP contribution < -0.4 is 5.73 Å². The predicted octanol–water partition coefficient (Wildman–Crippen LogP) is 1.19. The Bertz CT molecular complexity index is 303. The molecule has 2 heterocycles. The fourth-order valence-corrected chi connectivity index (χ4v) is 2.84. The van der Waals surface area contributed by atoms with Gasteiger partial charge in [-0.2, -0.15) is 0 Å². The molecule has 5 nitrogen and oxygen atoms in total.